The Morgan fingerprint density at radius 2 is 2.06 bits per heavy atom. The molecule has 1 aromatic rings. The molecule has 2 N–H and O–H groups in total. The average Bonchev–Trinajstić information content (AvgIpc) is 2.26. The molecule has 0 aromatic heterocycles. The minimum Gasteiger partial charge on any atom is -0.326 e. The van der Waals surface area contributed by atoms with Crippen LogP contribution in [0.4, 0.5) is 5.69 Å². The molecule has 0 spiro atoms. The van der Waals surface area contributed by atoms with Gasteiger partial charge in [-0.3, -0.25) is 4.79 Å². The molecule has 0 saturated heterocycles. The Kier molecular flexibility index (Phi) is 3.79. The normalized spacial score (nSPS) is 17.3. The van der Waals surface area contributed by atoms with E-state index >= 15 is 0 Å². The fraction of sp³-hybridized carbons (Fsp3) is 0.500. The number of nitrogens with one attached hydrogen (secondary N) is 2. The van der Waals surface area contributed by atoms with Crippen molar-refractivity contribution >= 4 is 11.6 Å². The number of para-hydroxylation sites is 1. The third-order valence-corrected chi connectivity index (χ3v) is 3.59. The van der Waals surface area contributed by atoms with Crippen LogP contribution in [0.3, 0.4) is 0 Å². The van der Waals surface area contributed by atoms with Gasteiger partial charge in [-0.1, -0.05) is 24.6 Å². The predicted molar refractivity (Wildman–Crippen MR) is 69.9 cm³/mol. The van der Waals surface area contributed by atoms with Crippen molar-refractivity contribution in [3.63, 3.8) is 0 Å². The van der Waals surface area contributed by atoms with Gasteiger partial charge in [0, 0.05) is 17.6 Å². The van der Waals surface area contributed by atoms with Crippen LogP contribution in [0.5, 0.6) is 0 Å². The second kappa shape index (κ2) is 5.32. The first-order valence-corrected chi connectivity index (χ1v) is 6.29. The molecular formula is C14H20N2O. The van der Waals surface area contributed by atoms with Gasteiger partial charge in [-0.05, 0) is 38.4 Å². The summed E-state index contributed by atoms with van der Waals surface area (Å²) < 4.78 is 0. The Morgan fingerprint density at radius 1 is 1.35 bits per heavy atom. The molecule has 1 amide bonds. The average molecular weight is 232 g/mol. The highest BCUT2D eigenvalue weighted by atomic mass is 16.1. The molecule has 2 rings (SSSR count). The van der Waals surface area contributed by atoms with Crippen LogP contribution in [0.25, 0.3) is 0 Å². The molecule has 17 heavy (non-hydrogen) atoms. The van der Waals surface area contributed by atoms with E-state index in [4.69, 9.17) is 0 Å². The smallest absolute Gasteiger partial charge is 0.227 e. The number of amides is 1. The maximum absolute atomic E-state index is 11.9. The van der Waals surface area contributed by atoms with Crippen LogP contribution in [0.1, 0.15) is 37.8 Å². The molecule has 3 nitrogen and oxygen atoms in total. The van der Waals surface area contributed by atoms with E-state index in [2.05, 4.69) is 23.6 Å². The Balaban J connectivity index is 2.11. The zero-order valence-electron chi connectivity index (χ0n) is 10.5. The number of carbonyl (C=O) groups is 1. The molecule has 0 bridgehead atoms. The highest BCUT2D eigenvalue weighted by Crippen LogP contribution is 2.29. The summed E-state index contributed by atoms with van der Waals surface area (Å²) in [5.41, 5.74) is 2.08. The molecule has 1 aliphatic rings. The van der Waals surface area contributed by atoms with Gasteiger partial charge in [-0.2, -0.15) is 0 Å². The van der Waals surface area contributed by atoms with Crippen molar-refractivity contribution in [1.29, 1.82) is 0 Å². The number of benzene rings is 1. The Morgan fingerprint density at radius 3 is 2.65 bits per heavy atom. The van der Waals surface area contributed by atoms with E-state index in [9.17, 15) is 4.79 Å². The molecule has 1 aliphatic carbocycles. The van der Waals surface area contributed by atoms with Crippen molar-refractivity contribution < 1.29 is 4.79 Å². The van der Waals surface area contributed by atoms with E-state index < -0.39 is 0 Å². The lowest BCUT2D eigenvalue weighted by atomic mass is 9.84. The van der Waals surface area contributed by atoms with Gasteiger partial charge in [0.05, 0.1) is 0 Å². The van der Waals surface area contributed by atoms with E-state index in [0.29, 0.717) is 0 Å². The monoisotopic (exact) mass is 232 g/mol. The zero-order valence-corrected chi connectivity index (χ0v) is 10.5. The van der Waals surface area contributed by atoms with Crippen molar-refractivity contribution in [3.8, 4) is 0 Å². The van der Waals surface area contributed by atoms with E-state index in [-0.39, 0.29) is 17.9 Å². The molecular weight excluding hydrogens is 212 g/mol. The fourth-order valence-corrected chi connectivity index (χ4v) is 2.05. The summed E-state index contributed by atoms with van der Waals surface area (Å²) in [4.78, 5) is 11.9. The van der Waals surface area contributed by atoms with Crippen LogP contribution in [-0.2, 0) is 4.79 Å². The van der Waals surface area contributed by atoms with Gasteiger partial charge in [0.25, 0.3) is 0 Å². The van der Waals surface area contributed by atoms with Crippen LogP contribution in [0.15, 0.2) is 24.3 Å². The molecule has 0 heterocycles. The first-order valence-electron chi connectivity index (χ1n) is 6.29. The first-order chi connectivity index (χ1) is 8.22. The van der Waals surface area contributed by atoms with Gasteiger partial charge in [-0.25, -0.2) is 0 Å². The van der Waals surface area contributed by atoms with Crippen LogP contribution in [-0.4, -0.2) is 13.0 Å². The Bertz CT molecular complexity index is 399. The predicted octanol–water partition coefficient (Wildman–Crippen LogP) is 2.71. The topological polar surface area (TPSA) is 41.1 Å². The summed E-state index contributed by atoms with van der Waals surface area (Å²) in [6.07, 6.45) is 3.26. The molecule has 1 fully saturated rings. The SMILES string of the molecule is CNC(C)c1ccccc1NC(=O)C1CCC1. The largest absolute Gasteiger partial charge is 0.326 e. The summed E-state index contributed by atoms with van der Waals surface area (Å²) in [6.45, 7) is 2.09. The van der Waals surface area contributed by atoms with Crippen molar-refractivity contribution in [3.05, 3.63) is 29.8 Å². The van der Waals surface area contributed by atoms with Gasteiger partial charge in [0.1, 0.15) is 0 Å². The number of rotatable bonds is 4. The number of carbonyl (C=O) groups excluding carboxylic acids is 1. The van der Waals surface area contributed by atoms with Crippen LogP contribution >= 0.6 is 0 Å². The van der Waals surface area contributed by atoms with Gasteiger partial charge < -0.3 is 10.6 Å². The third-order valence-electron chi connectivity index (χ3n) is 3.59. The summed E-state index contributed by atoms with van der Waals surface area (Å²) in [6, 6.07) is 8.23. The molecule has 0 radical (unpaired) electrons. The van der Waals surface area contributed by atoms with Crippen LogP contribution in [0, 0.1) is 5.92 Å². The molecule has 3 heteroatoms. The highest BCUT2D eigenvalue weighted by Gasteiger charge is 2.25. The second-order valence-electron chi connectivity index (χ2n) is 4.71. The van der Waals surface area contributed by atoms with Crippen LogP contribution < -0.4 is 10.6 Å². The van der Waals surface area contributed by atoms with Crippen molar-refractivity contribution in [2.75, 3.05) is 12.4 Å². The summed E-state index contributed by atoms with van der Waals surface area (Å²) >= 11 is 0. The standard InChI is InChI=1S/C14H20N2O/c1-10(15-2)12-8-3-4-9-13(12)16-14(17)11-6-5-7-11/h3-4,8-11,15H,5-7H2,1-2H3,(H,16,17). The maximum atomic E-state index is 11.9. The number of anilines is 1. The molecule has 1 atom stereocenters. The molecule has 1 saturated carbocycles. The zero-order chi connectivity index (χ0) is 12.3. The van der Waals surface area contributed by atoms with Gasteiger partial charge in [0.15, 0.2) is 0 Å². The lowest BCUT2D eigenvalue weighted by Gasteiger charge is -2.25. The maximum Gasteiger partial charge on any atom is 0.227 e. The quantitative estimate of drug-likeness (QED) is 0.838. The lowest BCUT2D eigenvalue weighted by molar-refractivity contribution is -0.122. The number of hydrogen-bond donors (Lipinski definition) is 2. The lowest BCUT2D eigenvalue weighted by Crippen LogP contribution is -2.29. The van der Waals surface area contributed by atoms with Crippen molar-refractivity contribution in [1.82, 2.24) is 5.32 Å². The van der Waals surface area contributed by atoms with Crippen molar-refractivity contribution in [2.24, 2.45) is 5.92 Å². The fourth-order valence-electron chi connectivity index (χ4n) is 2.05. The van der Waals surface area contributed by atoms with Gasteiger partial charge in [0.2, 0.25) is 5.91 Å². The van der Waals surface area contributed by atoms with Gasteiger partial charge in [-0.15, -0.1) is 0 Å². The van der Waals surface area contributed by atoms with E-state index in [1.165, 1.54) is 6.42 Å². The second-order valence-corrected chi connectivity index (χ2v) is 4.71. The summed E-state index contributed by atoms with van der Waals surface area (Å²) in [5.74, 6) is 0.403. The van der Waals surface area contributed by atoms with E-state index in [1.807, 2.05) is 25.2 Å². The Labute approximate surface area is 103 Å². The molecule has 1 aromatic carbocycles. The van der Waals surface area contributed by atoms with E-state index in [0.717, 1.165) is 24.1 Å². The molecule has 1 unspecified atom stereocenters. The first kappa shape index (κ1) is 12.1. The molecule has 0 aliphatic heterocycles. The minimum atomic E-state index is 0.173. The molecule has 92 valence electrons. The summed E-state index contributed by atoms with van der Waals surface area (Å²) in [5, 5.41) is 6.25. The third kappa shape index (κ3) is 2.67. The van der Waals surface area contributed by atoms with Gasteiger partial charge >= 0.3 is 0 Å². The highest BCUT2D eigenvalue weighted by molar-refractivity contribution is 5.93. The summed E-state index contributed by atoms with van der Waals surface area (Å²) in [7, 11) is 1.93. The van der Waals surface area contributed by atoms with Crippen molar-refractivity contribution in [2.45, 2.75) is 32.2 Å². The number of hydrogen-bond acceptors (Lipinski definition) is 2. The van der Waals surface area contributed by atoms with Crippen LogP contribution in [0.2, 0.25) is 0 Å². The Hall–Kier alpha value is -1.35. The minimum absolute atomic E-state index is 0.173. The van der Waals surface area contributed by atoms with E-state index in [1.54, 1.807) is 0 Å².